The first-order chi connectivity index (χ1) is 20.6. The third-order valence-electron chi connectivity index (χ3n) is 8.83. The molecule has 0 rings (SSSR count). The lowest BCUT2D eigenvalue weighted by Crippen LogP contribution is -2.13. The Hall–Kier alpha value is -1.10. The molecule has 0 spiro atoms. The number of rotatable bonds is 30. The molecule has 0 aromatic rings. The minimum absolute atomic E-state index is 0.701. The molecular formula is C38H73N3P+. The molecule has 0 saturated carbocycles. The highest BCUT2D eigenvalue weighted by molar-refractivity contribution is 7.75. The smallest absolute Gasteiger partial charge is 0.196 e. The van der Waals surface area contributed by atoms with E-state index in [4.69, 9.17) is 15.8 Å². The van der Waals surface area contributed by atoms with Crippen molar-refractivity contribution in [2.45, 2.75) is 195 Å². The van der Waals surface area contributed by atoms with Crippen LogP contribution in [0.25, 0.3) is 0 Å². The van der Waals surface area contributed by atoms with Crippen LogP contribution in [0.4, 0.5) is 0 Å². The third-order valence-corrected chi connectivity index (χ3v) is 13.9. The van der Waals surface area contributed by atoms with E-state index in [1.54, 1.807) is 50.3 Å². The Balaban J connectivity index is 0. The summed E-state index contributed by atoms with van der Waals surface area (Å²) >= 11 is 0. The first-order valence-corrected chi connectivity index (χ1v) is 21.2. The normalized spacial score (nSPS) is 11.0. The van der Waals surface area contributed by atoms with Gasteiger partial charge in [0.05, 0.1) is 42.9 Å². The molecule has 244 valence electrons. The highest BCUT2D eigenvalue weighted by Crippen LogP contribution is 2.61. The van der Waals surface area contributed by atoms with Crippen molar-refractivity contribution in [1.29, 1.82) is 15.8 Å². The Bertz CT molecular complexity index is 592. The van der Waals surface area contributed by atoms with Gasteiger partial charge in [-0.2, -0.15) is 15.8 Å². The molecule has 0 saturated heterocycles. The topological polar surface area (TPSA) is 71.4 Å². The molecule has 0 aliphatic carbocycles. The van der Waals surface area contributed by atoms with Crippen LogP contribution >= 0.6 is 7.26 Å². The van der Waals surface area contributed by atoms with E-state index in [1.807, 2.05) is 0 Å². The second-order valence-corrected chi connectivity index (χ2v) is 17.3. The molecule has 0 amide bonds. The molecule has 0 bridgehead atoms. The first-order valence-electron chi connectivity index (χ1n) is 18.6. The van der Waals surface area contributed by atoms with Gasteiger partial charge in [-0.25, -0.2) is 0 Å². The van der Waals surface area contributed by atoms with Crippen LogP contribution in [0.3, 0.4) is 0 Å². The Labute approximate surface area is 266 Å². The quantitative estimate of drug-likeness (QED) is 0.0606. The van der Waals surface area contributed by atoms with Crippen molar-refractivity contribution >= 4 is 7.26 Å². The Kier molecular flexibility index (Phi) is 37.0. The molecule has 0 aliphatic heterocycles. The molecule has 0 atom stereocenters. The zero-order valence-electron chi connectivity index (χ0n) is 29.1. The Morgan fingerprint density at radius 3 is 0.714 bits per heavy atom. The van der Waals surface area contributed by atoms with Crippen molar-refractivity contribution in [2.75, 3.05) is 24.6 Å². The number of hydrogen-bond donors (Lipinski definition) is 0. The molecule has 0 aromatic heterocycles. The predicted molar refractivity (Wildman–Crippen MR) is 189 cm³/mol. The van der Waals surface area contributed by atoms with E-state index in [0.717, 1.165) is 0 Å². The van der Waals surface area contributed by atoms with E-state index >= 15 is 0 Å². The van der Waals surface area contributed by atoms with Crippen LogP contribution in [-0.4, -0.2) is 24.6 Å². The highest BCUT2D eigenvalue weighted by atomic mass is 31.2. The molecule has 0 aliphatic rings. The van der Waals surface area contributed by atoms with Crippen molar-refractivity contribution in [3.05, 3.63) is 0 Å². The Morgan fingerprint density at radius 2 is 0.524 bits per heavy atom. The summed E-state index contributed by atoms with van der Waals surface area (Å²) in [5.74, 6) is -1.10. The highest BCUT2D eigenvalue weighted by Gasteiger charge is 2.34. The molecular weight excluding hydrogens is 529 g/mol. The van der Waals surface area contributed by atoms with Gasteiger partial charge in [-0.15, -0.1) is 0 Å². The van der Waals surface area contributed by atoms with Crippen LogP contribution in [-0.2, 0) is 0 Å². The number of unbranched alkanes of at least 4 members (excludes halogenated alkanes) is 22. The van der Waals surface area contributed by atoms with Crippen molar-refractivity contribution in [2.24, 2.45) is 5.92 Å². The average Bonchev–Trinajstić information content (AvgIpc) is 3.01. The molecule has 0 heterocycles. The summed E-state index contributed by atoms with van der Waals surface area (Å²) in [6.07, 6.45) is 45.1. The predicted octanol–water partition coefficient (Wildman–Crippen LogP) is 13.4. The van der Waals surface area contributed by atoms with Crippen LogP contribution in [0, 0.1) is 39.9 Å². The van der Waals surface area contributed by atoms with Crippen LogP contribution in [0.5, 0.6) is 0 Å². The third kappa shape index (κ3) is 30.4. The maximum Gasteiger partial charge on any atom is 0.218 e. The van der Waals surface area contributed by atoms with Crippen LogP contribution in [0.15, 0.2) is 0 Å². The molecule has 0 unspecified atom stereocenters. The van der Waals surface area contributed by atoms with Gasteiger partial charge >= 0.3 is 0 Å². The summed E-state index contributed by atoms with van der Waals surface area (Å²) in [6, 6.07) is 4.44. The van der Waals surface area contributed by atoms with Gasteiger partial charge in [-0.1, -0.05) is 143 Å². The van der Waals surface area contributed by atoms with Gasteiger partial charge in [0.15, 0.2) is 0 Å². The number of nitrogens with zero attached hydrogens (tertiary/aromatic N) is 3. The molecule has 0 aromatic carbocycles. The number of hydrogen-bond acceptors (Lipinski definition) is 3. The van der Waals surface area contributed by atoms with Gasteiger partial charge < -0.3 is 0 Å². The molecule has 0 N–H and O–H groups in total. The summed E-state index contributed by atoms with van der Waals surface area (Å²) in [6.45, 7) is 9.42. The van der Waals surface area contributed by atoms with Gasteiger partial charge in [0.1, 0.15) is 0 Å². The average molecular weight is 603 g/mol. The Morgan fingerprint density at radius 1 is 0.333 bits per heavy atom. The fourth-order valence-corrected chi connectivity index (χ4v) is 10.9. The minimum Gasteiger partial charge on any atom is -0.196 e. The van der Waals surface area contributed by atoms with E-state index in [2.05, 4.69) is 27.7 Å². The van der Waals surface area contributed by atoms with Crippen molar-refractivity contribution < 1.29 is 0 Å². The van der Waals surface area contributed by atoms with Crippen LogP contribution < -0.4 is 0 Å². The van der Waals surface area contributed by atoms with E-state index in [0.29, 0.717) is 0 Å². The minimum atomic E-state index is -1.10. The second kappa shape index (κ2) is 36.1. The molecule has 42 heavy (non-hydrogen) atoms. The van der Waals surface area contributed by atoms with E-state index in [9.17, 15) is 0 Å². The molecule has 0 radical (unpaired) electrons. The van der Waals surface area contributed by atoms with Crippen LogP contribution in [0.2, 0.25) is 0 Å². The lowest BCUT2D eigenvalue weighted by atomic mass is 10.0. The van der Waals surface area contributed by atoms with E-state index < -0.39 is 13.2 Å². The maximum absolute atomic E-state index is 7.83. The van der Waals surface area contributed by atoms with Crippen molar-refractivity contribution in [3.8, 4) is 18.2 Å². The zero-order valence-corrected chi connectivity index (χ0v) is 30.0. The number of nitriles is 3. The SMILES string of the molecule is CCCCCCCCCCCCCCCC[P+](CCCCCC)(CCCCCC)CCCCCC.N#CC(C#N)C#N. The first kappa shape index (κ1) is 43.0. The van der Waals surface area contributed by atoms with Gasteiger partial charge in [0.2, 0.25) is 5.92 Å². The van der Waals surface area contributed by atoms with Gasteiger partial charge in [0.25, 0.3) is 0 Å². The van der Waals surface area contributed by atoms with Crippen molar-refractivity contribution in [3.63, 3.8) is 0 Å². The van der Waals surface area contributed by atoms with Crippen molar-refractivity contribution in [1.82, 2.24) is 0 Å². The monoisotopic (exact) mass is 603 g/mol. The lowest BCUT2D eigenvalue weighted by Gasteiger charge is -2.28. The summed E-state index contributed by atoms with van der Waals surface area (Å²) < 4.78 is 0. The maximum atomic E-state index is 7.83. The second-order valence-electron chi connectivity index (χ2n) is 12.8. The van der Waals surface area contributed by atoms with Gasteiger partial charge in [0, 0.05) is 7.26 Å². The van der Waals surface area contributed by atoms with Gasteiger partial charge in [-0.05, 0) is 51.4 Å². The van der Waals surface area contributed by atoms with E-state index in [1.165, 1.54) is 159 Å². The fraction of sp³-hybridized carbons (Fsp3) is 0.921. The molecule has 0 fully saturated rings. The summed E-state index contributed by atoms with van der Waals surface area (Å²) in [4.78, 5) is 0. The largest absolute Gasteiger partial charge is 0.218 e. The zero-order chi connectivity index (χ0) is 31.4. The molecule has 4 heteroatoms. The van der Waals surface area contributed by atoms with Crippen LogP contribution in [0.1, 0.15) is 195 Å². The summed E-state index contributed by atoms with van der Waals surface area (Å²) in [5, 5.41) is 23.5. The standard InChI is InChI=1S/C34H72P.C4HN3/c1-5-9-13-17-18-19-20-21-22-23-24-25-26-30-34-35(31-27-14-10-6-2,32-28-15-11-7-3)33-29-16-12-8-4;5-1-4(2-6)3-7/h5-34H2,1-4H3;4H/q+1;. The molecule has 3 nitrogen and oxygen atoms in total. The summed E-state index contributed by atoms with van der Waals surface area (Å²) in [7, 11) is -0.701. The lowest BCUT2D eigenvalue weighted by molar-refractivity contribution is 0.538. The fourth-order valence-electron chi connectivity index (χ4n) is 6.02. The summed E-state index contributed by atoms with van der Waals surface area (Å²) in [5.41, 5.74) is 0. The van der Waals surface area contributed by atoms with E-state index in [-0.39, 0.29) is 0 Å². The van der Waals surface area contributed by atoms with Gasteiger partial charge in [-0.3, -0.25) is 0 Å².